The van der Waals surface area contributed by atoms with Crippen molar-refractivity contribution in [3.05, 3.63) is 53.0 Å². The van der Waals surface area contributed by atoms with Gasteiger partial charge in [0.25, 0.3) is 0 Å². The van der Waals surface area contributed by atoms with E-state index < -0.39 is 11.7 Å². The summed E-state index contributed by atoms with van der Waals surface area (Å²) in [5.74, 6) is 1.16. The smallest absolute Gasteiger partial charge is 0.371 e. The van der Waals surface area contributed by atoms with Crippen molar-refractivity contribution in [1.29, 1.82) is 0 Å². The van der Waals surface area contributed by atoms with Gasteiger partial charge in [0.15, 0.2) is 5.65 Å². The van der Waals surface area contributed by atoms with Crippen LogP contribution in [0.5, 0.6) is 0 Å². The highest BCUT2D eigenvalue weighted by molar-refractivity contribution is 5.68. The molecule has 1 saturated carbocycles. The lowest BCUT2D eigenvalue weighted by Gasteiger charge is -2.56. The van der Waals surface area contributed by atoms with E-state index in [0.717, 1.165) is 38.8 Å². The summed E-state index contributed by atoms with van der Waals surface area (Å²) in [4.78, 5) is 4.32. The summed E-state index contributed by atoms with van der Waals surface area (Å²) in [5.41, 5.74) is 3.28. The summed E-state index contributed by atoms with van der Waals surface area (Å²) in [7, 11) is 0. The molecule has 2 aromatic heterocycles. The number of piperidine rings is 1. The maximum Gasteiger partial charge on any atom is 0.422 e. The third-order valence-electron chi connectivity index (χ3n) is 7.83. The Balaban J connectivity index is 1.27. The van der Waals surface area contributed by atoms with Crippen LogP contribution in [0.25, 0.3) is 5.65 Å². The molecule has 0 unspecified atom stereocenters. The molecule has 3 aliphatic rings. The molecule has 180 valence electrons. The van der Waals surface area contributed by atoms with Gasteiger partial charge in [-0.3, -0.25) is 4.40 Å². The zero-order chi connectivity index (χ0) is 23.7. The molecule has 0 radical (unpaired) electrons. The normalized spacial score (nSPS) is 20.3. The van der Waals surface area contributed by atoms with Gasteiger partial charge in [-0.15, -0.1) is 10.2 Å². The minimum absolute atomic E-state index is 0.0232. The summed E-state index contributed by atoms with van der Waals surface area (Å²) >= 11 is 0. The summed E-state index contributed by atoms with van der Waals surface area (Å²) in [6.07, 6.45) is 2.28. The lowest BCUT2D eigenvalue weighted by atomic mass is 9.72. The number of halogens is 3. The molecule has 1 spiro atoms. The van der Waals surface area contributed by atoms with Crippen molar-refractivity contribution in [3.63, 3.8) is 0 Å². The topological polar surface area (TPSA) is 36.7 Å². The summed E-state index contributed by atoms with van der Waals surface area (Å²) in [6.45, 7) is 7.38. The molecule has 1 aliphatic carbocycles. The van der Waals surface area contributed by atoms with Crippen LogP contribution in [0.3, 0.4) is 0 Å². The Labute approximate surface area is 197 Å². The second kappa shape index (κ2) is 7.62. The third-order valence-corrected chi connectivity index (χ3v) is 7.83. The fraction of sp³-hybridized carbons (Fsp3) is 0.538. The van der Waals surface area contributed by atoms with E-state index >= 15 is 0 Å². The predicted octanol–water partition coefficient (Wildman–Crippen LogP) is 5.42. The van der Waals surface area contributed by atoms with E-state index in [2.05, 4.69) is 47.1 Å². The first-order valence-electron chi connectivity index (χ1n) is 12.2. The van der Waals surface area contributed by atoms with E-state index in [1.807, 2.05) is 4.90 Å². The van der Waals surface area contributed by atoms with Crippen molar-refractivity contribution < 1.29 is 13.2 Å². The summed E-state index contributed by atoms with van der Waals surface area (Å²) in [6, 6.07) is 8.13. The second-order valence-electron chi connectivity index (χ2n) is 10.7. The molecule has 0 amide bonds. The second-order valence-corrected chi connectivity index (χ2v) is 10.7. The number of fused-ring (bicyclic) bond motifs is 1. The lowest BCUT2D eigenvalue weighted by molar-refractivity contribution is -0.136. The summed E-state index contributed by atoms with van der Waals surface area (Å²) in [5, 5.41) is 8.12. The highest BCUT2D eigenvalue weighted by Gasteiger charge is 2.49. The largest absolute Gasteiger partial charge is 0.422 e. The average molecular weight is 470 g/mol. The van der Waals surface area contributed by atoms with Crippen molar-refractivity contribution in [1.82, 2.24) is 14.6 Å². The lowest BCUT2D eigenvalue weighted by Crippen LogP contribution is -2.63. The number of benzene rings is 1. The van der Waals surface area contributed by atoms with Gasteiger partial charge in [-0.25, -0.2) is 0 Å². The third kappa shape index (κ3) is 3.71. The van der Waals surface area contributed by atoms with Crippen molar-refractivity contribution in [3.8, 4) is 0 Å². The van der Waals surface area contributed by atoms with Gasteiger partial charge in [0, 0.05) is 49.9 Å². The Morgan fingerprint density at radius 2 is 1.76 bits per heavy atom. The number of aromatic nitrogens is 3. The molecule has 0 bridgehead atoms. The van der Waals surface area contributed by atoms with Gasteiger partial charge >= 0.3 is 6.18 Å². The van der Waals surface area contributed by atoms with Gasteiger partial charge in [-0.05, 0) is 63.1 Å². The van der Waals surface area contributed by atoms with Crippen LogP contribution >= 0.6 is 0 Å². The van der Waals surface area contributed by atoms with Crippen LogP contribution in [0, 0.1) is 25.2 Å². The molecule has 34 heavy (non-hydrogen) atoms. The molecule has 8 heteroatoms. The SMILES string of the molecule is Cc1ccc(N2CCCC3(C2)CN(c2ccn4c(CC5CC5)nnc4c2C(F)(F)F)C3)c(C)c1. The first-order valence-corrected chi connectivity index (χ1v) is 12.2. The first kappa shape index (κ1) is 21.7. The number of hydrogen-bond acceptors (Lipinski definition) is 4. The van der Waals surface area contributed by atoms with E-state index in [9.17, 15) is 13.2 Å². The number of anilines is 2. The van der Waals surface area contributed by atoms with E-state index in [4.69, 9.17) is 0 Å². The fourth-order valence-electron chi connectivity index (χ4n) is 6.01. The van der Waals surface area contributed by atoms with E-state index in [0.29, 0.717) is 31.3 Å². The van der Waals surface area contributed by atoms with Crippen molar-refractivity contribution >= 4 is 17.0 Å². The van der Waals surface area contributed by atoms with Gasteiger partial charge < -0.3 is 9.80 Å². The molecule has 0 atom stereocenters. The van der Waals surface area contributed by atoms with E-state index in [1.54, 1.807) is 16.7 Å². The number of rotatable bonds is 4. The standard InChI is InChI=1S/C26H30F3N5/c1-17-4-7-20(18(2)12-17)32-10-3-9-25(14-32)15-33(16-25)21-8-11-34-22(13-19-5-6-19)30-31-24(34)23(21)26(27,28)29/h4,7-8,11-12,19H,3,5-6,9-10,13-16H2,1-2H3. The molecule has 2 saturated heterocycles. The number of nitrogens with zero attached hydrogens (tertiary/aromatic N) is 5. The fourth-order valence-corrected chi connectivity index (χ4v) is 6.01. The van der Waals surface area contributed by atoms with Crippen LogP contribution in [0.4, 0.5) is 24.5 Å². The number of hydrogen-bond donors (Lipinski definition) is 0. The summed E-state index contributed by atoms with van der Waals surface area (Å²) < 4.78 is 44.3. The maximum absolute atomic E-state index is 14.3. The van der Waals surface area contributed by atoms with Gasteiger partial charge in [0.2, 0.25) is 0 Å². The quantitative estimate of drug-likeness (QED) is 0.511. The van der Waals surface area contributed by atoms with Crippen LogP contribution in [0.2, 0.25) is 0 Å². The average Bonchev–Trinajstić information content (AvgIpc) is 3.49. The van der Waals surface area contributed by atoms with Crippen LogP contribution in [-0.2, 0) is 12.6 Å². The molecular weight excluding hydrogens is 439 g/mol. The zero-order valence-corrected chi connectivity index (χ0v) is 19.7. The molecule has 1 aromatic carbocycles. The molecule has 5 nitrogen and oxygen atoms in total. The highest BCUT2D eigenvalue weighted by Crippen LogP contribution is 2.47. The Hall–Kier alpha value is -2.77. The molecule has 3 fully saturated rings. The monoisotopic (exact) mass is 469 g/mol. The van der Waals surface area contributed by atoms with Gasteiger partial charge in [-0.2, -0.15) is 13.2 Å². The van der Waals surface area contributed by atoms with E-state index in [1.165, 1.54) is 16.8 Å². The molecule has 0 N–H and O–H groups in total. The van der Waals surface area contributed by atoms with Crippen LogP contribution < -0.4 is 9.80 Å². The molecule has 3 aromatic rings. The Morgan fingerprint density at radius 3 is 2.47 bits per heavy atom. The predicted molar refractivity (Wildman–Crippen MR) is 126 cm³/mol. The molecular formula is C26H30F3N5. The Morgan fingerprint density at radius 1 is 1.00 bits per heavy atom. The van der Waals surface area contributed by atoms with Gasteiger partial charge in [0.05, 0.1) is 5.69 Å². The Bertz CT molecular complexity index is 1240. The highest BCUT2D eigenvalue weighted by atomic mass is 19.4. The van der Waals surface area contributed by atoms with Gasteiger partial charge in [-0.1, -0.05) is 17.7 Å². The maximum atomic E-state index is 14.3. The number of alkyl halides is 3. The van der Waals surface area contributed by atoms with Crippen LogP contribution in [-0.4, -0.2) is 40.8 Å². The number of pyridine rings is 1. The minimum atomic E-state index is -4.48. The number of aryl methyl sites for hydroxylation is 2. The van der Waals surface area contributed by atoms with Crippen molar-refractivity contribution in [2.24, 2.45) is 11.3 Å². The van der Waals surface area contributed by atoms with Crippen LogP contribution in [0.15, 0.2) is 30.5 Å². The van der Waals surface area contributed by atoms with Crippen LogP contribution in [0.1, 0.15) is 48.2 Å². The van der Waals surface area contributed by atoms with Crippen molar-refractivity contribution in [2.75, 3.05) is 36.0 Å². The molecule has 4 heterocycles. The first-order chi connectivity index (χ1) is 16.2. The van der Waals surface area contributed by atoms with Gasteiger partial charge in [0.1, 0.15) is 11.4 Å². The Kier molecular flexibility index (Phi) is 4.87. The van der Waals surface area contributed by atoms with E-state index in [-0.39, 0.29) is 16.7 Å². The molecule has 2 aliphatic heterocycles. The zero-order valence-electron chi connectivity index (χ0n) is 19.7. The minimum Gasteiger partial charge on any atom is -0.371 e. The van der Waals surface area contributed by atoms with Crippen molar-refractivity contribution in [2.45, 2.75) is 52.1 Å². The molecule has 6 rings (SSSR count).